The fourth-order valence-corrected chi connectivity index (χ4v) is 4.16. The molecule has 26 heavy (non-hydrogen) atoms. The van der Waals surface area contributed by atoms with Crippen LogP contribution in [0.4, 0.5) is 0 Å². The van der Waals surface area contributed by atoms with Gasteiger partial charge in [0.1, 0.15) is 6.17 Å². The van der Waals surface area contributed by atoms with Gasteiger partial charge in [0, 0.05) is 25.0 Å². The van der Waals surface area contributed by atoms with Crippen molar-refractivity contribution in [2.45, 2.75) is 136 Å². The molecule has 2 heteroatoms. The van der Waals surface area contributed by atoms with Gasteiger partial charge in [0.05, 0.1) is 0 Å². The first kappa shape index (κ1) is 23.4. The van der Waals surface area contributed by atoms with Crippen molar-refractivity contribution in [2.24, 2.45) is 0 Å². The maximum Gasteiger partial charge on any atom is 0.101 e. The number of rotatable bonds is 17. The Bertz CT molecular complexity index is 337. The van der Waals surface area contributed by atoms with Gasteiger partial charge in [-0.15, -0.1) is 0 Å². The van der Waals surface area contributed by atoms with Crippen LogP contribution in [0.25, 0.3) is 0 Å². The highest BCUT2D eigenvalue weighted by Crippen LogP contribution is 2.23. The van der Waals surface area contributed by atoms with Crippen LogP contribution < -0.4 is 0 Å². The fraction of sp³-hybridized carbons (Fsp3) is 0.917. The zero-order chi connectivity index (χ0) is 19.0. The van der Waals surface area contributed by atoms with Crippen LogP contribution in [-0.2, 0) is 0 Å². The summed E-state index contributed by atoms with van der Waals surface area (Å²) in [6.45, 7) is 10.5. The van der Waals surface area contributed by atoms with Crippen molar-refractivity contribution in [1.29, 1.82) is 0 Å². The maximum atomic E-state index is 2.59. The van der Waals surface area contributed by atoms with E-state index in [1.165, 1.54) is 103 Å². The van der Waals surface area contributed by atoms with Crippen LogP contribution in [0, 0.1) is 0 Å². The van der Waals surface area contributed by atoms with E-state index in [0.717, 1.165) is 0 Å². The van der Waals surface area contributed by atoms with Crippen molar-refractivity contribution >= 4 is 0 Å². The van der Waals surface area contributed by atoms with Gasteiger partial charge in [-0.3, -0.25) is 0 Å². The molecule has 0 amide bonds. The summed E-state index contributed by atoms with van der Waals surface area (Å²) in [5.41, 5.74) is 0. The second-order valence-electron chi connectivity index (χ2n) is 8.59. The van der Waals surface area contributed by atoms with E-state index >= 15 is 0 Å². The lowest BCUT2D eigenvalue weighted by Gasteiger charge is -2.35. The Hall–Kier alpha value is -0.660. The topological polar surface area (TPSA) is 6.48 Å². The van der Waals surface area contributed by atoms with E-state index in [1.807, 2.05) is 0 Å². The van der Waals surface area contributed by atoms with Gasteiger partial charge >= 0.3 is 0 Å². The van der Waals surface area contributed by atoms with Crippen molar-refractivity contribution in [2.75, 3.05) is 6.54 Å². The van der Waals surface area contributed by atoms with Crippen molar-refractivity contribution in [3.63, 3.8) is 0 Å². The average Bonchev–Trinajstić information content (AvgIpc) is 3.02. The van der Waals surface area contributed by atoms with E-state index in [-0.39, 0.29) is 0 Å². The Morgan fingerprint density at radius 1 is 0.654 bits per heavy atom. The van der Waals surface area contributed by atoms with Crippen molar-refractivity contribution in [3.8, 4) is 0 Å². The van der Waals surface area contributed by atoms with Crippen LogP contribution in [0.15, 0.2) is 12.4 Å². The summed E-state index contributed by atoms with van der Waals surface area (Å²) in [6.07, 6.45) is 26.5. The van der Waals surface area contributed by atoms with Crippen LogP contribution in [0.1, 0.15) is 124 Å². The molecule has 0 saturated carbocycles. The Balaban J connectivity index is 1.95. The number of hydrogen-bond donors (Lipinski definition) is 0. The number of unbranched alkanes of at least 4 members (excludes halogenated alkanes) is 12. The summed E-state index contributed by atoms with van der Waals surface area (Å²) in [5, 5.41) is 0. The molecule has 154 valence electrons. The predicted molar refractivity (Wildman–Crippen MR) is 117 cm³/mol. The molecule has 1 aliphatic rings. The van der Waals surface area contributed by atoms with Gasteiger partial charge in [0.2, 0.25) is 0 Å². The summed E-state index contributed by atoms with van der Waals surface area (Å²) in [4.78, 5) is 5.12. The molecule has 0 bridgehead atoms. The van der Waals surface area contributed by atoms with Gasteiger partial charge in [0.15, 0.2) is 0 Å². The molecular formula is C24H48N2. The minimum atomic E-state index is 0.609. The summed E-state index contributed by atoms with van der Waals surface area (Å²) < 4.78 is 0. The predicted octanol–water partition coefficient (Wildman–Crippen LogP) is 7.70. The Morgan fingerprint density at radius 3 is 1.62 bits per heavy atom. The Labute approximate surface area is 165 Å². The Morgan fingerprint density at radius 2 is 1.15 bits per heavy atom. The zero-order valence-corrected chi connectivity index (χ0v) is 18.5. The maximum absolute atomic E-state index is 2.59. The van der Waals surface area contributed by atoms with Crippen molar-refractivity contribution < 1.29 is 0 Å². The first-order valence-electron chi connectivity index (χ1n) is 11.9. The summed E-state index contributed by atoms with van der Waals surface area (Å²) in [5.74, 6) is 0. The van der Waals surface area contributed by atoms with E-state index in [4.69, 9.17) is 0 Å². The third-order valence-corrected chi connectivity index (χ3v) is 5.82. The van der Waals surface area contributed by atoms with Crippen LogP contribution >= 0.6 is 0 Å². The molecular weight excluding hydrogens is 316 g/mol. The van der Waals surface area contributed by atoms with E-state index in [9.17, 15) is 0 Å². The fourth-order valence-electron chi connectivity index (χ4n) is 4.16. The van der Waals surface area contributed by atoms with E-state index in [1.54, 1.807) is 0 Å². The molecule has 0 aromatic rings. The molecule has 0 radical (unpaired) electrons. The average molecular weight is 365 g/mol. The molecule has 1 rings (SSSR count). The molecule has 0 spiro atoms. The SMILES string of the molecule is CCCCCCCCCCCCCCCN1C=CN(C(C)C)C1CCC. The standard InChI is InChI=1S/C24H48N2/c1-5-7-8-9-10-11-12-13-14-15-16-17-18-20-25-21-22-26(23(3)4)24(25)19-6-2/h21-24H,5-20H2,1-4H3. The molecule has 1 unspecified atom stereocenters. The lowest BCUT2D eigenvalue weighted by Crippen LogP contribution is -2.42. The van der Waals surface area contributed by atoms with Gasteiger partial charge in [-0.05, 0) is 26.7 Å². The van der Waals surface area contributed by atoms with Gasteiger partial charge in [-0.1, -0.05) is 97.3 Å². The highest BCUT2D eigenvalue weighted by molar-refractivity contribution is 4.98. The van der Waals surface area contributed by atoms with Gasteiger partial charge < -0.3 is 9.80 Å². The molecule has 0 fully saturated rings. The van der Waals surface area contributed by atoms with Crippen molar-refractivity contribution in [1.82, 2.24) is 9.80 Å². The summed E-state index contributed by atoms with van der Waals surface area (Å²) in [6, 6.07) is 0.611. The third-order valence-electron chi connectivity index (χ3n) is 5.82. The van der Waals surface area contributed by atoms with E-state index in [0.29, 0.717) is 12.2 Å². The molecule has 0 aromatic heterocycles. The second-order valence-corrected chi connectivity index (χ2v) is 8.59. The van der Waals surface area contributed by atoms with Crippen LogP contribution in [0.5, 0.6) is 0 Å². The van der Waals surface area contributed by atoms with E-state index in [2.05, 4.69) is 49.9 Å². The minimum absolute atomic E-state index is 0.609. The molecule has 0 aliphatic carbocycles. The molecule has 0 N–H and O–H groups in total. The van der Waals surface area contributed by atoms with Crippen LogP contribution in [-0.4, -0.2) is 28.6 Å². The summed E-state index contributed by atoms with van der Waals surface area (Å²) in [7, 11) is 0. The lowest BCUT2D eigenvalue weighted by molar-refractivity contribution is 0.116. The van der Waals surface area contributed by atoms with Gasteiger partial charge in [-0.25, -0.2) is 0 Å². The largest absolute Gasteiger partial charge is 0.356 e. The van der Waals surface area contributed by atoms with Crippen LogP contribution in [0.2, 0.25) is 0 Å². The minimum Gasteiger partial charge on any atom is -0.356 e. The van der Waals surface area contributed by atoms with Gasteiger partial charge in [-0.2, -0.15) is 0 Å². The molecule has 1 aliphatic heterocycles. The molecule has 1 atom stereocenters. The van der Waals surface area contributed by atoms with Gasteiger partial charge in [0.25, 0.3) is 0 Å². The second kappa shape index (κ2) is 15.4. The van der Waals surface area contributed by atoms with E-state index < -0.39 is 0 Å². The normalized spacial score (nSPS) is 17.0. The molecule has 0 aromatic carbocycles. The van der Waals surface area contributed by atoms with Crippen molar-refractivity contribution in [3.05, 3.63) is 12.4 Å². The lowest BCUT2D eigenvalue weighted by atomic mass is 10.0. The zero-order valence-electron chi connectivity index (χ0n) is 18.5. The molecule has 2 nitrogen and oxygen atoms in total. The quantitative estimate of drug-likeness (QED) is 0.244. The first-order chi connectivity index (χ1) is 12.7. The first-order valence-corrected chi connectivity index (χ1v) is 11.9. The summed E-state index contributed by atoms with van der Waals surface area (Å²) >= 11 is 0. The molecule has 1 heterocycles. The highest BCUT2D eigenvalue weighted by Gasteiger charge is 2.26. The highest BCUT2D eigenvalue weighted by atomic mass is 15.4. The monoisotopic (exact) mass is 364 g/mol. The number of hydrogen-bond acceptors (Lipinski definition) is 2. The number of nitrogens with zero attached hydrogens (tertiary/aromatic N) is 2. The van der Waals surface area contributed by atoms with Crippen LogP contribution in [0.3, 0.4) is 0 Å². The third kappa shape index (κ3) is 9.88. The molecule has 0 saturated heterocycles. The Kier molecular flexibility index (Phi) is 13.9. The smallest absolute Gasteiger partial charge is 0.101 e.